The Morgan fingerprint density at radius 3 is 2.44 bits per heavy atom. The number of hydrogen-bond donors (Lipinski definition) is 2. The van der Waals surface area contributed by atoms with E-state index >= 15 is 0 Å². The number of hydrogen-bond acceptors (Lipinski definition) is 3. The molecule has 25 heavy (non-hydrogen) atoms. The lowest BCUT2D eigenvalue weighted by Gasteiger charge is -2.15. The molecule has 1 aliphatic rings. The Balaban J connectivity index is 0.00000225. The van der Waals surface area contributed by atoms with Gasteiger partial charge < -0.3 is 15.2 Å². The van der Waals surface area contributed by atoms with Crippen molar-refractivity contribution in [3.63, 3.8) is 0 Å². The topological polar surface area (TPSA) is 41.5 Å². The number of benzene rings is 2. The van der Waals surface area contributed by atoms with Crippen molar-refractivity contribution in [3.8, 4) is 5.75 Å². The minimum Gasteiger partial charge on any atom is -0.492 e. The van der Waals surface area contributed by atoms with Gasteiger partial charge in [0.25, 0.3) is 0 Å². The summed E-state index contributed by atoms with van der Waals surface area (Å²) < 4.78 is 6.01. The smallest absolute Gasteiger partial charge is 0.122 e. The second-order valence-electron chi connectivity index (χ2n) is 6.61. The highest BCUT2D eigenvalue weighted by molar-refractivity contribution is 5.85. The molecule has 136 valence electrons. The number of aliphatic hydroxyl groups is 1. The summed E-state index contributed by atoms with van der Waals surface area (Å²) in [6, 6.07) is 19.2. The highest BCUT2D eigenvalue weighted by Crippen LogP contribution is 2.21. The standard InChI is InChI=1S/C21H27NO2.ClH/c23-20-14-19(22-15-20)16-24-21-13-7-6-12-18(21)11-5-4-10-17-8-2-1-3-9-17;/h1-3,6-9,12-13,19-20,22-23H,4-5,10-11,14-16H2;1H. The summed E-state index contributed by atoms with van der Waals surface area (Å²) in [6.07, 6.45) is 5.08. The molecule has 2 aromatic carbocycles. The molecule has 0 aromatic heterocycles. The quantitative estimate of drug-likeness (QED) is 0.703. The average Bonchev–Trinajstić information content (AvgIpc) is 3.04. The normalized spacial score (nSPS) is 19.4. The Morgan fingerprint density at radius 1 is 0.960 bits per heavy atom. The molecule has 0 aliphatic carbocycles. The molecule has 4 heteroatoms. The van der Waals surface area contributed by atoms with E-state index in [1.807, 2.05) is 6.07 Å². The summed E-state index contributed by atoms with van der Waals surface area (Å²) >= 11 is 0. The molecule has 2 N–H and O–H groups in total. The lowest BCUT2D eigenvalue weighted by atomic mass is 10.0. The number of β-amino-alcohol motifs (C(OH)–C–C–N with tert-alkyl or cyclic N) is 1. The van der Waals surface area contributed by atoms with Gasteiger partial charge in [-0.1, -0.05) is 48.5 Å². The van der Waals surface area contributed by atoms with E-state index in [1.54, 1.807) is 0 Å². The molecule has 1 saturated heterocycles. The van der Waals surface area contributed by atoms with Gasteiger partial charge in [-0.3, -0.25) is 0 Å². The van der Waals surface area contributed by atoms with Crippen LogP contribution in [-0.4, -0.2) is 30.4 Å². The van der Waals surface area contributed by atoms with E-state index in [0.29, 0.717) is 13.2 Å². The van der Waals surface area contributed by atoms with Crippen LogP contribution in [0.3, 0.4) is 0 Å². The SMILES string of the molecule is Cl.OC1CNC(COc2ccccc2CCCCc2ccccc2)C1. The molecule has 0 saturated carbocycles. The number of halogens is 1. The third kappa shape index (κ3) is 6.35. The maximum Gasteiger partial charge on any atom is 0.122 e. The zero-order chi connectivity index (χ0) is 16.6. The second-order valence-corrected chi connectivity index (χ2v) is 6.61. The van der Waals surface area contributed by atoms with Gasteiger partial charge in [0.15, 0.2) is 0 Å². The minimum atomic E-state index is -0.230. The summed E-state index contributed by atoms with van der Waals surface area (Å²) in [5, 5.41) is 12.9. The van der Waals surface area contributed by atoms with Crippen LogP contribution >= 0.6 is 12.4 Å². The van der Waals surface area contributed by atoms with Crippen molar-refractivity contribution in [3.05, 3.63) is 65.7 Å². The summed E-state index contributed by atoms with van der Waals surface area (Å²) in [5.74, 6) is 0.986. The number of rotatable bonds is 8. The molecule has 3 rings (SSSR count). The van der Waals surface area contributed by atoms with Crippen LogP contribution in [-0.2, 0) is 12.8 Å². The monoisotopic (exact) mass is 361 g/mol. The molecule has 1 fully saturated rings. The Kier molecular flexibility index (Phi) is 8.26. The first kappa shape index (κ1) is 19.8. The third-order valence-corrected chi connectivity index (χ3v) is 4.62. The molecule has 1 aliphatic heterocycles. The predicted octanol–water partition coefficient (Wildman–Crippen LogP) is 3.78. The summed E-state index contributed by atoms with van der Waals surface area (Å²) in [7, 11) is 0. The van der Waals surface area contributed by atoms with Crippen molar-refractivity contribution in [2.24, 2.45) is 0 Å². The lowest BCUT2D eigenvalue weighted by Crippen LogP contribution is -2.28. The van der Waals surface area contributed by atoms with E-state index in [4.69, 9.17) is 4.74 Å². The number of nitrogens with one attached hydrogen (secondary N) is 1. The fourth-order valence-corrected chi connectivity index (χ4v) is 3.26. The minimum absolute atomic E-state index is 0. The van der Waals surface area contributed by atoms with Gasteiger partial charge in [0.2, 0.25) is 0 Å². The van der Waals surface area contributed by atoms with Crippen LogP contribution in [0.2, 0.25) is 0 Å². The van der Waals surface area contributed by atoms with Crippen LogP contribution < -0.4 is 10.1 Å². The van der Waals surface area contributed by atoms with E-state index in [0.717, 1.165) is 31.4 Å². The van der Waals surface area contributed by atoms with Crippen LogP contribution in [0.25, 0.3) is 0 Å². The largest absolute Gasteiger partial charge is 0.492 e. The molecule has 0 spiro atoms. The number of unbranched alkanes of at least 4 members (excludes halogenated alkanes) is 1. The molecule has 2 aromatic rings. The van der Waals surface area contributed by atoms with Crippen LogP contribution in [0.5, 0.6) is 5.75 Å². The van der Waals surface area contributed by atoms with Gasteiger partial charge in [-0.2, -0.15) is 0 Å². The third-order valence-electron chi connectivity index (χ3n) is 4.62. The maximum absolute atomic E-state index is 9.57. The van der Waals surface area contributed by atoms with Crippen molar-refractivity contribution >= 4 is 12.4 Å². The summed E-state index contributed by atoms with van der Waals surface area (Å²) in [5.41, 5.74) is 2.69. The van der Waals surface area contributed by atoms with E-state index in [-0.39, 0.29) is 24.6 Å². The first-order chi connectivity index (χ1) is 11.8. The number of para-hydroxylation sites is 1. The van der Waals surface area contributed by atoms with Gasteiger partial charge in [0.1, 0.15) is 12.4 Å². The molecule has 0 amide bonds. The molecule has 2 atom stereocenters. The number of aryl methyl sites for hydroxylation is 2. The summed E-state index contributed by atoms with van der Waals surface area (Å²) in [4.78, 5) is 0. The Labute approximate surface area is 156 Å². The van der Waals surface area contributed by atoms with E-state index in [9.17, 15) is 5.11 Å². The Hall–Kier alpha value is -1.55. The highest BCUT2D eigenvalue weighted by atomic mass is 35.5. The first-order valence-electron chi connectivity index (χ1n) is 8.97. The zero-order valence-electron chi connectivity index (χ0n) is 14.6. The fourth-order valence-electron chi connectivity index (χ4n) is 3.26. The van der Waals surface area contributed by atoms with Crippen LogP contribution in [0.4, 0.5) is 0 Å². The average molecular weight is 362 g/mol. The van der Waals surface area contributed by atoms with Crippen LogP contribution in [0, 0.1) is 0 Å². The second kappa shape index (κ2) is 10.4. The molecule has 2 unspecified atom stereocenters. The van der Waals surface area contributed by atoms with Crippen LogP contribution in [0.15, 0.2) is 54.6 Å². The van der Waals surface area contributed by atoms with E-state index in [1.165, 1.54) is 17.5 Å². The van der Waals surface area contributed by atoms with Gasteiger partial charge >= 0.3 is 0 Å². The molecular weight excluding hydrogens is 334 g/mol. The van der Waals surface area contributed by atoms with Crippen molar-refractivity contribution in [2.75, 3.05) is 13.2 Å². The van der Waals surface area contributed by atoms with Gasteiger partial charge in [-0.15, -0.1) is 12.4 Å². The van der Waals surface area contributed by atoms with E-state index < -0.39 is 0 Å². The molecule has 1 heterocycles. The van der Waals surface area contributed by atoms with Gasteiger partial charge in [-0.25, -0.2) is 0 Å². The first-order valence-corrected chi connectivity index (χ1v) is 8.97. The Bertz CT molecular complexity index is 620. The molecular formula is C21H28ClNO2. The van der Waals surface area contributed by atoms with Crippen molar-refractivity contribution in [1.82, 2.24) is 5.32 Å². The number of ether oxygens (including phenoxy) is 1. The van der Waals surface area contributed by atoms with Gasteiger partial charge in [0, 0.05) is 12.6 Å². The van der Waals surface area contributed by atoms with Gasteiger partial charge in [-0.05, 0) is 49.3 Å². The van der Waals surface area contributed by atoms with Crippen molar-refractivity contribution in [2.45, 2.75) is 44.2 Å². The highest BCUT2D eigenvalue weighted by Gasteiger charge is 2.22. The zero-order valence-corrected chi connectivity index (χ0v) is 15.4. The van der Waals surface area contributed by atoms with Gasteiger partial charge in [0.05, 0.1) is 6.10 Å². The molecule has 3 nitrogen and oxygen atoms in total. The maximum atomic E-state index is 9.57. The predicted molar refractivity (Wildman–Crippen MR) is 105 cm³/mol. The lowest BCUT2D eigenvalue weighted by molar-refractivity contribution is 0.187. The molecule has 0 bridgehead atoms. The van der Waals surface area contributed by atoms with Crippen molar-refractivity contribution < 1.29 is 9.84 Å². The van der Waals surface area contributed by atoms with E-state index in [2.05, 4.69) is 53.8 Å². The fraction of sp³-hybridized carbons (Fsp3) is 0.429. The Morgan fingerprint density at radius 2 is 1.68 bits per heavy atom. The van der Waals surface area contributed by atoms with Crippen molar-refractivity contribution in [1.29, 1.82) is 0 Å². The molecule has 0 radical (unpaired) electrons. The number of aliphatic hydroxyl groups excluding tert-OH is 1. The summed E-state index contributed by atoms with van der Waals surface area (Å²) in [6.45, 7) is 1.30. The van der Waals surface area contributed by atoms with Crippen LogP contribution in [0.1, 0.15) is 30.4 Å².